The molecular weight excluding hydrogens is 1830 g/mol. The Morgan fingerprint density at radius 3 is 0.901 bits per heavy atom. The van der Waals surface area contributed by atoms with Gasteiger partial charge in [-0.05, 0) is 146 Å². The van der Waals surface area contributed by atoms with E-state index in [1.54, 1.807) is 56.7 Å². The van der Waals surface area contributed by atoms with Crippen molar-refractivity contribution in [2.75, 3.05) is 0 Å². The molecule has 0 amide bonds. The Kier molecular flexibility index (Phi) is 19.5. The van der Waals surface area contributed by atoms with Crippen LogP contribution in [0.3, 0.4) is 0 Å². The molecule has 16 nitrogen and oxygen atoms in total. The van der Waals surface area contributed by atoms with Crippen LogP contribution in [0.25, 0.3) is 293 Å². The summed E-state index contributed by atoms with van der Waals surface area (Å²) in [5.74, 6) is 7.51. The molecule has 12 heterocycles. The van der Waals surface area contributed by atoms with Crippen LogP contribution in [0.5, 0.6) is 0 Å². The fraction of sp³-hybridized carbons (Fsp3) is 0. The number of thiophene rings is 5. The fourth-order valence-electron chi connectivity index (χ4n) is 19.2. The Balaban J connectivity index is 0.000000104. The third kappa shape index (κ3) is 14.4. The molecule has 0 saturated heterocycles. The zero-order valence-electron chi connectivity index (χ0n) is 74.1. The predicted octanol–water partition coefficient (Wildman–Crippen LogP) is 33.8. The van der Waals surface area contributed by atoms with Crippen LogP contribution in [-0.4, -0.2) is 59.8 Å². The van der Waals surface area contributed by atoms with Crippen molar-refractivity contribution in [3.63, 3.8) is 0 Å². The van der Waals surface area contributed by atoms with Crippen molar-refractivity contribution in [3.05, 3.63) is 400 Å². The van der Waals surface area contributed by atoms with Crippen LogP contribution in [0.15, 0.2) is 418 Å². The molecule has 0 radical (unpaired) electrons. The van der Waals surface area contributed by atoms with E-state index in [9.17, 15) is 0 Å². The minimum atomic E-state index is 0.592. The van der Waals surface area contributed by atoms with Crippen molar-refractivity contribution in [2.24, 2.45) is 0 Å². The average molecular weight is 1900 g/mol. The lowest BCUT2D eigenvalue weighted by molar-refractivity contribution is 0.619. The molecule has 660 valence electrons. The van der Waals surface area contributed by atoms with Crippen LogP contribution >= 0.6 is 56.7 Å². The number of para-hydroxylation sites is 7. The van der Waals surface area contributed by atoms with Crippen molar-refractivity contribution < 1.29 is 17.7 Å². The van der Waals surface area contributed by atoms with Gasteiger partial charge in [-0.15, -0.1) is 56.7 Å². The molecule has 0 bridgehead atoms. The second kappa shape index (κ2) is 33.6. The van der Waals surface area contributed by atoms with Gasteiger partial charge in [0.15, 0.2) is 69.2 Å². The Hall–Kier alpha value is -17.7. The average Bonchev–Trinajstić information content (AvgIpc) is 1.63. The molecular formula is C120H66N12O4S5. The first-order chi connectivity index (χ1) is 69.8. The van der Waals surface area contributed by atoms with E-state index in [4.69, 9.17) is 77.5 Å². The fourth-order valence-corrected chi connectivity index (χ4v) is 24.9. The van der Waals surface area contributed by atoms with Gasteiger partial charge in [0.2, 0.25) is 17.7 Å². The molecule has 0 fully saturated rings. The van der Waals surface area contributed by atoms with Crippen LogP contribution < -0.4 is 0 Å². The molecule has 141 heavy (non-hydrogen) atoms. The van der Waals surface area contributed by atoms with Crippen molar-refractivity contribution >= 4 is 213 Å². The van der Waals surface area contributed by atoms with Gasteiger partial charge in [0.25, 0.3) is 0 Å². The highest BCUT2D eigenvalue weighted by Crippen LogP contribution is 2.49. The Labute approximate surface area is 820 Å². The monoisotopic (exact) mass is 1900 g/mol. The third-order valence-corrected chi connectivity index (χ3v) is 31.5. The first-order valence-electron chi connectivity index (χ1n) is 45.9. The number of oxazole rings is 3. The van der Waals surface area contributed by atoms with Gasteiger partial charge in [-0.25, -0.2) is 59.8 Å². The van der Waals surface area contributed by atoms with Gasteiger partial charge in [-0.2, -0.15) is 0 Å². The molecule has 0 atom stereocenters. The number of furan rings is 1. The number of fused-ring (bicyclic) bond motifs is 21. The summed E-state index contributed by atoms with van der Waals surface area (Å²) >= 11 is 8.85. The molecule has 18 aromatic carbocycles. The first kappa shape index (κ1) is 81.6. The standard InChI is InChI=1S/C40H22N4O2S.2C40H22N4OS2/c1-2-10-23(11-3-1)37-42-38(26-13-8-18-32-35(26)25-12-4-6-16-30(25)45-32)44-39(43-37)27-14-9-19-34-36(27)28-22-24(20-21-33(28)47-34)40-41-29-15-5-7-17-31(29)46-40;1-2-10-23(11-3-1)37-42-38(44-39(43-37)28-15-8-13-26-25-12-4-7-18-32(25)47-36(26)28)27-14-9-19-34-35(27)29-22-24(20-21-33(29)46-34)40-41-30-16-5-6-17-31(30)45-40;1-2-9-23(10-3-1)37-42-38(24-17-19-27-26-11-4-7-15-32(26)47-35(27)22-24)44-39(43-37)28-12-8-16-34-36(28)29-21-25(18-20-33(29)46-34)40-41-30-13-5-6-14-31(30)45-40/h3*1-22H. The maximum atomic E-state index is 6.22. The summed E-state index contributed by atoms with van der Waals surface area (Å²) in [5.41, 5.74) is 17.8. The molecule has 12 aromatic heterocycles. The van der Waals surface area contributed by atoms with E-state index in [-0.39, 0.29) is 0 Å². The van der Waals surface area contributed by atoms with Crippen molar-refractivity contribution in [1.29, 1.82) is 0 Å². The van der Waals surface area contributed by atoms with Crippen molar-refractivity contribution in [1.82, 2.24) is 59.8 Å². The minimum Gasteiger partial charge on any atom is -0.456 e. The zero-order chi connectivity index (χ0) is 92.7. The maximum absolute atomic E-state index is 6.22. The molecule has 0 saturated carbocycles. The van der Waals surface area contributed by atoms with E-state index in [2.05, 4.69) is 218 Å². The molecule has 0 aliphatic carbocycles. The summed E-state index contributed by atoms with van der Waals surface area (Å²) in [5, 5.41) is 13.7. The topological polar surface area (TPSA) is 207 Å². The highest BCUT2D eigenvalue weighted by atomic mass is 32.1. The van der Waals surface area contributed by atoms with E-state index < -0.39 is 0 Å². The summed E-state index contributed by atoms with van der Waals surface area (Å²) in [7, 11) is 0. The molecule has 30 aromatic rings. The predicted molar refractivity (Wildman–Crippen MR) is 579 cm³/mol. The molecule has 0 aliphatic rings. The van der Waals surface area contributed by atoms with Gasteiger partial charge in [0.1, 0.15) is 27.7 Å². The number of rotatable bonds is 12. The molecule has 0 aliphatic heterocycles. The normalized spacial score (nSPS) is 11.8. The van der Waals surface area contributed by atoms with E-state index in [0.29, 0.717) is 70.1 Å². The molecule has 30 rings (SSSR count). The smallest absolute Gasteiger partial charge is 0.227 e. The van der Waals surface area contributed by atoms with Crippen LogP contribution in [0.1, 0.15) is 0 Å². The van der Waals surface area contributed by atoms with Crippen molar-refractivity contribution in [2.45, 2.75) is 0 Å². The molecule has 0 spiro atoms. The quantitative estimate of drug-likeness (QED) is 0.111. The lowest BCUT2D eigenvalue weighted by Gasteiger charge is -2.10. The highest BCUT2D eigenvalue weighted by molar-refractivity contribution is 7.27. The number of aromatic nitrogens is 12. The van der Waals surface area contributed by atoms with E-state index in [1.807, 2.05) is 182 Å². The van der Waals surface area contributed by atoms with Crippen LogP contribution in [0, 0.1) is 0 Å². The maximum Gasteiger partial charge on any atom is 0.227 e. The minimum absolute atomic E-state index is 0.592. The summed E-state index contributed by atoms with van der Waals surface area (Å²) in [6.07, 6.45) is 0. The molecule has 0 N–H and O–H groups in total. The Morgan fingerprint density at radius 1 is 0.149 bits per heavy atom. The van der Waals surface area contributed by atoms with E-state index in [0.717, 1.165) is 159 Å². The summed E-state index contributed by atoms with van der Waals surface area (Å²) < 4.78 is 36.6. The number of nitrogens with zero attached hydrogens (tertiary/aromatic N) is 12. The first-order valence-corrected chi connectivity index (χ1v) is 50.0. The Bertz CT molecular complexity index is 10200. The van der Waals surface area contributed by atoms with Gasteiger partial charge in [-0.1, -0.05) is 255 Å². The second-order valence-corrected chi connectivity index (χ2v) is 39.7. The van der Waals surface area contributed by atoms with Crippen molar-refractivity contribution in [3.8, 4) is 137 Å². The van der Waals surface area contributed by atoms with Crippen LogP contribution in [-0.2, 0) is 0 Å². The summed E-state index contributed by atoms with van der Waals surface area (Å²) in [6, 6.07) is 136. The summed E-state index contributed by atoms with van der Waals surface area (Å²) in [6.45, 7) is 0. The van der Waals surface area contributed by atoms with Crippen LogP contribution in [0.4, 0.5) is 0 Å². The van der Waals surface area contributed by atoms with Gasteiger partial charge in [0, 0.05) is 178 Å². The third-order valence-electron chi connectivity index (χ3n) is 25.8. The van der Waals surface area contributed by atoms with E-state index >= 15 is 0 Å². The number of hydrogen-bond donors (Lipinski definition) is 0. The highest BCUT2D eigenvalue weighted by Gasteiger charge is 2.27. The van der Waals surface area contributed by atoms with Gasteiger partial charge < -0.3 is 17.7 Å². The van der Waals surface area contributed by atoms with Crippen LogP contribution in [0.2, 0.25) is 0 Å². The van der Waals surface area contributed by atoms with Gasteiger partial charge >= 0.3 is 0 Å². The Morgan fingerprint density at radius 2 is 0.447 bits per heavy atom. The second-order valence-electron chi connectivity index (χ2n) is 34.3. The lowest BCUT2D eigenvalue weighted by atomic mass is 10.0. The van der Waals surface area contributed by atoms with E-state index in [1.165, 1.54) is 63.8 Å². The summed E-state index contributed by atoms with van der Waals surface area (Å²) in [4.78, 5) is 60.4. The van der Waals surface area contributed by atoms with Gasteiger partial charge in [-0.3, -0.25) is 0 Å². The number of hydrogen-bond acceptors (Lipinski definition) is 21. The lowest BCUT2D eigenvalue weighted by Crippen LogP contribution is -2.00. The SMILES string of the molecule is c1ccc(-c2nc(-c3ccc4c(c3)sc3ccccc34)nc(-c3cccc4sc5ccc(-c6nc7ccccc7o6)cc5c34)n2)cc1.c1ccc(-c2nc(-c3cccc4c3sc3ccccc34)nc(-c3cccc4sc5ccc(-c6nc7ccccc7o6)cc5c34)n2)cc1.c1ccc(-c2nc(-c3cccc4oc5ccccc5c34)nc(-c3cccc4sc5ccc(-c6nc7ccccc7o6)cc5c34)n2)cc1. The molecule has 0 unspecified atom stereocenters. The number of benzene rings is 18. The van der Waals surface area contributed by atoms with Gasteiger partial charge in [0.05, 0.1) is 0 Å². The zero-order valence-corrected chi connectivity index (χ0v) is 78.2. The molecule has 21 heteroatoms. The largest absolute Gasteiger partial charge is 0.456 e.